The lowest BCUT2D eigenvalue weighted by atomic mass is 10.1. The molecule has 4 heteroatoms. The minimum absolute atomic E-state index is 0.0328. The number of hydrogen-bond acceptors (Lipinski definition) is 4. The first-order valence-corrected chi connectivity index (χ1v) is 6.52. The summed E-state index contributed by atoms with van der Waals surface area (Å²) in [6, 6.07) is 9.65. The third kappa shape index (κ3) is 3.20. The average Bonchev–Trinajstić information content (AvgIpc) is 2.86. The Bertz CT molecular complexity index is 596. The number of methoxy groups -OCH3 is 1. The Morgan fingerprint density at radius 2 is 1.85 bits per heavy atom. The molecule has 1 N–H and O–H groups in total. The molecule has 20 heavy (non-hydrogen) atoms. The van der Waals surface area contributed by atoms with Gasteiger partial charge in [0.15, 0.2) is 0 Å². The van der Waals surface area contributed by atoms with Crippen LogP contribution >= 0.6 is 0 Å². The molecule has 0 saturated heterocycles. The van der Waals surface area contributed by atoms with E-state index in [9.17, 15) is 4.79 Å². The number of anilines is 1. The Morgan fingerprint density at radius 1 is 1.20 bits per heavy atom. The van der Waals surface area contributed by atoms with Crippen molar-refractivity contribution in [1.82, 2.24) is 0 Å². The SMILES string of the molecule is COC(=O)c1ccc(C(C)Nc2cc(C)cc(C)c2)o1. The predicted molar refractivity (Wildman–Crippen MR) is 78.0 cm³/mol. The molecule has 0 aliphatic rings. The van der Waals surface area contributed by atoms with Gasteiger partial charge >= 0.3 is 5.97 Å². The third-order valence-electron chi connectivity index (χ3n) is 3.04. The summed E-state index contributed by atoms with van der Waals surface area (Å²) >= 11 is 0. The molecular formula is C16H19NO3. The number of ether oxygens (including phenoxy) is 1. The van der Waals surface area contributed by atoms with Crippen LogP contribution in [0, 0.1) is 13.8 Å². The van der Waals surface area contributed by atoms with Gasteiger partial charge in [-0.1, -0.05) is 6.07 Å². The van der Waals surface area contributed by atoms with Gasteiger partial charge in [0.25, 0.3) is 0 Å². The molecule has 2 rings (SSSR count). The van der Waals surface area contributed by atoms with Gasteiger partial charge in [-0.3, -0.25) is 0 Å². The second kappa shape index (κ2) is 5.82. The van der Waals surface area contributed by atoms with E-state index in [1.165, 1.54) is 18.2 Å². The van der Waals surface area contributed by atoms with E-state index in [2.05, 4.69) is 42.1 Å². The van der Waals surface area contributed by atoms with Crippen molar-refractivity contribution in [1.29, 1.82) is 0 Å². The number of aryl methyl sites for hydroxylation is 2. The van der Waals surface area contributed by atoms with Crippen molar-refractivity contribution in [3.63, 3.8) is 0 Å². The Kier molecular flexibility index (Phi) is 4.13. The Balaban J connectivity index is 2.13. The van der Waals surface area contributed by atoms with Crippen molar-refractivity contribution in [3.8, 4) is 0 Å². The van der Waals surface area contributed by atoms with Crippen LogP contribution in [0.1, 0.15) is 40.4 Å². The van der Waals surface area contributed by atoms with Gasteiger partial charge in [0.1, 0.15) is 5.76 Å². The van der Waals surface area contributed by atoms with E-state index in [4.69, 9.17) is 4.42 Å². The van der Waals surface area contributed by atoms with Gasteiger partial charge in [-0.25, -0.2) is 4.79 Å². The molecule has 0 saturated carbocycles. The van der Waals surface area contributed by atoms with Crippen LogP contribution in [-0.2, 0) is 4.74 Å². The number of furan rings is 1. The van der Waals surface area contributed by atoms with Gasteiger partial charge in [-0.2, -0.15) is 0 Å². The molecule has 4 nitrogen and oxygen atoms in total. The van der Waals surface area contributed by atoms with Gasteiger partial charge in [0.05, 0.1) is 13.2 Å². The van der Waals surface area contributed by atoms with Gasteiger partial charge in [0.2, 0.25) is 5.76 Å². The summed E-state index contributed by atoms with van der Waals surface area (Å²) in [5.41, 5.74) is 3.44. The van der Waals surface area contributed by atoms with E-state index >= 15 is 0 Å². The summed E-state index contributed by atoms with van der Waals surface area (Å²) in [6.45, 7) is 6.10. The zero-order chi connectivity index (χ0) is 14.7. The topological polar surface area (TPSA) is 51.5 Å². The molecule has 0 fully saturated rings. The molecule has 2 aromatic rings. The first-order valence-electron chi connectivity index (χ1n) is 6.52. The lowest BCUT2D eigenvalue weighted by Gasteiger charge is -2.14. The van der Waals surface area contributed by atoms with Crippen LogP contribution in [0.3, 0.4) is 0 Å². The van der Waals surface area contributed by atoms with Crippen LogP contribution in [0.25, 0.3) is 0 Å². The van der Waals surface area contributed by atoms with Crippen LogP contribution in [-0.4, -0.2) is 13.1 Å². The Labute approximate surface area is 118 Å². The Morgan fingerprint density at radius 3 is 2.45 bits per heavy atom. The zero-order valence-electron chi connectivity index (χ0n) is 12.2. The van der Waals surface area contributed by atoms with Gasteiger partial charge in [0, 0.05) is 5.69 Å². The maximum Gasteiger partial charge on any atom is 0.373 e. The second-order valence-electron chi connectivity index (χ2n) is 4.94. The van der Waals surface area contributed by atoms with E-state index in [1.807, 2.05) is 6.92 Å². The molecule has 1 unspecified atom stereocenters. The number of benzene rings is 1. The van der Waals surface area contributed by atoms with Crippen LogP contribution in [0.5, 0.6) is 0 Å². The second-order valence-corrected chi connectivity index (χ2v) is 4.94. The zero-order valence-corrected chi connectivity index (χ0v) is 12.2. The van der Waals surface area contributed by atoms with Gasteiger partial charge in [-0.05, 0) is 56.2 Å². The number of nitrogens with one attached hydrogen (secondary N) is 1. The van der Waals surface area contributed by atoms with Gasteiger partial charge in [-0.15, -0.1) is 0 Å². The highest BCUT2D eigenvalue weighted by molar-refractivity contribution is 5.86. The fourth-order valence-corrected chi connectivity index (χ4v) is 2.17. The van der Waals surface area contributed by atoms with Crippen molar-refractivity contribution in [2.45, 2.75) is 26.8 Å². The summed E-state index contributed by atoms with van der Waals surface area (Å²) in [4.78, 5) is 11.4. The average molecular weight is 273 g/mol. The number of hydrogen-bond donors (Lipinski definition) is 1. The van der Waals surface area contributed by atoms with Crippen LogP contribution in [0.15, 0.2) is 34.7 Å². The molecule has 106 valence electrons. The maximum absolute atomic E-state index is 11.4. The number of carbonyl (C=O) groups excluding carboxylic acids is 1. The van der Waals surface area contributed by atoms with Crippen LogP contribution in [0.2, 0.25) is 0 Å². The van der Waals surface area contributed by atoms with Gasteiger partial charge < -0.3 is 14.5 Å². The highest BCUT2D eigenvalue weighted by Gasteiger charge is 2.15. The molecule has 0 amide bonds. The largest absolute Gasteiger partial charge is 0.463 e. The Hall–Kier alpha value is -2.23. The maximum atomic E-state index is 11.4. The monoisotopic (exact) mass is 273 g/mol. The minimum Gasteiger partial charge on any atom is -0.463 e. The highest BCUT2D eigenvalue weighted by atomic mass is 16.5. The summed E-state index contributed by atoms with van der Waals surface area (Å²) in [7, 11) is 1.34. The van der Waals surface area contributed by atoms with E-state index < -0.39 is 5.97 Å². The van der Waals surface area contributed by atoms with E-state index in [-0.39, 0.29) is 11.8 Å². The summed E-state index contributed by atoms with van der Waals surface area (Å²) in [5.74, 6) is 0.455. The third-order valence-corrected chi connectivity index (χ3v) is 3.04. The predicted octanol–water partition coefficient (Wildman–Crippen LogP) is 3.86. The molecule has 0 aliphatic heterocycles. The molecule has 0 bridgehead atoms. The first kappa shape index (κ1) is 14.2. The molecule has 1 aromatic carbocycles. The molecule has 0 radical (unpaired) electrons. The molecule has 0 spiro atoms. The normalized spacial score (nSPS) is 12.0. The number of esters is 1. The lowest BCUT2D eigenvalue weighted by molar-refractivity contribution is 0.0562. The van der Waals surface area contributed by atoms with Crippen molar-refractivity contribution >= 4 is 11.7 Å². The van der Waals surface area contributed by atoms with Crippen molar-refractivity contribution in [3.05, 3.63) is 53.0 Å². The van der Waals surface area contributed by atoms with E-state index in [0.29, 0.717) is 5.76 Å². The fraction of sp³-hybridized carbons (Fsp3) is 0.312. The number of rotatable bonds is 4. The molecular weight excluding hydrogens is 254 g/mol. The van der Waals surface area contributed by atoms with Crippen LogP contribution in [0.4, 0.5) is 5.69 Å². The molecule has 1 atom stereocenters. The van der Waals surface area contributed by atoms with Crippen molar-refractivity contribution < 1.29 is 13.9 Å². The summed E-state index contributed by atoms with van der Waals surface area (Å²) < 4.78 is 10.1. The minimum atomic E-state index is -0.463. The van der Waals surface area contributed by atoms with Crippen molar-refractivity contribution in [2.75, 3.05) is 12.4 Å². The van der Waals surface area contributed by atoms with Crippen molar-refractivity contribution in [2.24, 2.45) is 0 Å². The molecule has 0 aliphatic carbocycles. The van der Waals surface area contributed by atoms with Crippen LogP contribution < -0.4 is 5.32 Å². The quantitative estimate of drug-likeness (QED) is 0.859. The first-order chi connectivity index (χ1) is 9.49. The molecule has 1 heterocycles. The van der Waals surface area contributed by atoms with E-state index in [0.717, 1.165) is 5.69 Å². The fourth-order valence-electron chi connectivity index (χ4n) is 2.17. The summed E-state index contributed by atoms with van der Waals surface area (Å²) in [5, 5.41) is 3.36. The summed E-state index contributed by atoms with van der Waals surface area (Å²) in [6.07, 6.45) is 0. The lowest BCUT2D eigenvalue weighted by Crippen LogP contribution is -2.06. The smallest absolute Gasteiger partial charge is 0.373 e. The van der Waals surface area contributed by atoms with E-state index in [1.54, 1.807) is 12.1 Å². The standard InChI is InChI=1S/C16H19NO3/c1-10-7-11(2)9-13(8-10)17-12(3)14-5-6-15(20-14)16(18)19-4/h5-9,12,17H,1-4H3. The number of carbonyl (C=O) groups is 1. The molecule has 1 aromatic heterocycles. The highest BCUT2D eigenvalue weighted by Crippen LogP contribution is 2.23.